The number of rotatable bonds is 0. The monoisotopic (exact) mass is 149 g/mol. The summed E-state index contributed by atoms with van der Waals surface area (Å²) in [6, 6.07) is 4.03. The molecule has 11 heavy (non-hydrogen) atoms. The second-order valence-corrected chi connectivity index (χ2v) is 3.53. The summed E-state index contributed by atoms with van der Waals surface area (Å²) in [5.74, 6) is 0.803. The van der Waals surface area contributed by atoms with E-state index in [-0.39, 0.29) is 5.41 Å². The van der Waals surface area contributed by atoms with Crippen molar-refractivity contribution in [2.24, 2.45) is 0 Å². The molecule has 58 valence electrons. The fraction of sp³-hybridized carbons (Fsp3) is 0.444. The van der Waals surface area contributed by atoms with Crippen molar-refractivity contribution >= 4 is 0 Å². The molecular weight excluding hydrogens is 138 g/mol. The minimum Gasteiger partial charge on any atom is -0.477 e. The van der Waals surface area contributed by atoms with Gasteiger partial charge in [-0.15, -0.1) is 0 Å². The molecule has 0 bridgehead atoms. The predicted octanol–water partition coefficient (Wildman–Crippen LogP) is 1.75. The molecule has 1 aliphatic rings. The van der Waals surface area contributed by atoms with Gasteiger partial charge in [0.2, 0.25) is 5.88 Å². The molecule has 1 aromatic rings. The lowest BCUT2D eigenvalue weighted by Gasteiger charge is -2.13. The van der Waals surface area contributed by atoms with Gasteiger partial charge in [0.15, 0.2) is 0 Å². The van der Waals surface area contributed by atoms with Gasteiger partial charge in [-0.1, -0.05) is 19.9 Å². The van der Waals surface area contributed by atoms with Crippen LogP contribution >= 0.6 is 0 Å². The molecule has 1 aromatic heterocycles. The zero-order valence-electron chi connectivity index (χ0n) is 6.79. The second-order valence-electron chi connectivity index (χ2n) is 3.53. The van der Waals surface area contributed by atoms with Crippen LogP contribution in [-0.4, -0.2) is 11.6 Å². The largest absolute Gasteiger partial charge is 0.477 e. The SMILES string of the molecule is CC1(C)COc2ncccc21. The van der Waals surface area contributed by atoms with Gasteiger partial charge in [-0.3, -0.25) is 0 Å². The first-order valence-corrected chi connectivity index (χ1v) is 3.78. The highest BCUT2D eigenvalue weighted by Gasteiger charge is 2.31. The number of hydrogen-bond donors (Lipinski definition) is 0. The molecule has 0 fully saturated rings. The fourth-order valence-electron chi connectivity index (χ4n) is 1.35. The van der Waals surface area contributed by atoms with Crippen molar-refractivity contribution in [3.8, 4) is 5.88 Å². The lowest BCUT2D eigenvalue weighted by Crippen LogP contribution is -2.18. The number of hydrogen-bond acceptors (Lipinski definition) is 2. The van der Waals surface area contributed by atoms with Gasteiger partial charge in [0.25, 0.3) is 0 Å². The Morgan fingerprint density at radius 1 is 1.55 bits per heavy atom. The summed E-state index contributed by atoms with van der Waals surface area (Å²) in [6.45, 7) is 5.08. The molecule has 0 amide bonds. The molecule has 0 atom stereocenters. The first kappa shape index (κ1) is 6.65. The molecule has 0 aliphatic carbocycles. The van der Waals surface area contributed by atoms with E-state index in [4.69, 9.17) is 4.74 Å². The van der Waals surface area contributed by atoms with E-state index >= 15 is 0 Å². The molecule has 2 heterocycles. The zero-order valence-corrected chi connectivity index (χ0v) is 6.79. The Balaban J connectivity index is 2.56. The summed E-state index contributed by atoms with van der Waals surface area (Å²) in [4.78, 5) is 4.13. The van der Waals surface area contributed by atoms with Crippen molar-refractivity contribution in [2.75, 3.05) is 6.61 Å². The summed E-state index contributed by atoms with van der Waals surface area (Å²) in [5, 5.41) is 0. The van der Waals surface area contributed by atoms with E-state index in [2.05, 4.69) is 24.9 Å². The number of nitrogens with zero attached hydrogens (tertiary/aromatic N) is 1. The Morgan fingerprint density at radius 2 is 2.36 bits per heavy atom. The van der Waals surface area contributed by atoms with Crippen LogP contribution in [0.25, 0.3) is 0 Å². The number of fused-ring (bicyclic) bond motifs is 1. The number of ether oxygens (including phenoxy) is 1. The third-order valence-electron chi connectivity index (χ3n) is 2.07. The second kappa shape index (κ2) is 1.97. The normalized spacial score (nSPS) is 19.1. The Labute approximate surface area is 66.2 Å². The van der Waals surface area contributed by atoms with Gasteiger partial charge in [0, 0.05) is 17.2 Å². The molecule has 0 N–H and O–H groups in total. The van der Waals surface area contributed by atoms with Crippen molar-refractivity contribution in [1.82, 2.24) is 4.98 Å². The van der Waals surface area contributed by atoms with Crippen LogP contribution in [0.5, 0.6) is 5.88 Å². The van der Waals surface area contributed by atoms with Gasteiger partial charge in [-0.25, -0.2) is 4.98 Å². The van der Waals surface area contributed by atoms with Crippen molar-refractivity contribution in [2.45, 2.75) is 19.3 Å². The number of aromatic nitrogens is 1. The average Bonchev–Trinajstić information content (AvgIpc) is 2.29. The quantitative estimate of drug-likeness (QED) is 0.560. The maximum atomic E-state index is 5.40. The van der Waals surface area contributed by atoms with E-state index in [9.17, 15) is 0 Å². The van der Waals surface area contributed by atoms with E-state index in [1.165, 1.54) is 5.56 Å². The van der Waals surface area contributed by atoms with E-state index in [0.717, 1.165) is 12.5 Å². The van der Waals surface area contributed by atoms with Crippen LogP contribution in [-0.2, 0) is 5.41 Å². The topological polar surface area (TPSA) is 22.1 Å². The summed E-state index contributed by atoms with van der Waals surface area (Å²) >= 11 is 0. The molecule has 1 aliphatic heterocycles. The fourth-order valence-corrected chi connectivity index (χ4v) is 1.35. The standard InChI is InChI=1S/C9H11NO/c1-9(2)6-11-8-7(9)4-3-5-10-8/h3-5H,6H2,1-2H3. The van der Waals surface area contributed by atoms with Crippen molar-refractivity contribution < 1.29 is 4.74 Å². The smallest absolute Gasteiger partial charge is 0.217 e. The van der Waals surface area contributed by atoms with Gasteiger partial charge in [0.1, 0.15) is 0 Å². The molecular formula is C9H11NO. The van der Waals surface area contributed by atoms with E-state index in [1.54, 1.807) is 6.20 Å². The lowest BCUT2D eigenvalue weighted by atomic mass is 9.88. The molecule has 0 radical (unpaired) electrons. The highest BCUT2D eigenvalue weighted by molar-refractivity contribution is 5.36. The van der Waals surface area contributed by atoms with Crippen LogP contribution in [0.4, 0.5) is 0 Å². The summed E-state index contributed by atoms with van der Waals surface area (Å²) < 4.78 is 5.40. The Morgan fingerprint density at radius 3 is 3.09 bits per heavy atom. The Hall–Kier alpha value is -1.05. The highest BCUT2D eigenvalue weighted by atomic mass is 16.5. The van der Waals surface area contributed by atoms with Crippen molar-refractivity contribution in [3.63, 3.8) is 0 Å². The molecule has 2 heteroatoms. The van der Waals surface area contributed by atoms with Crippen LogP contribution in [0.2, 0.25) is 0 Å². The molecule has 2 nitrogen and oxygen atoms in total. The Kier molecular flexibility index (Phi) is 1.19. The summed E-state index contributed by atoms with van der Waals surface area (Å²) in [5.41, 5.74) is 1.36. The third kappa shape index (κ3) is 0.897. The lowest BCUT2D eigenvalue weighted by molar-refractivity contribution is 0.284. The van der Waals surface area contributed by atoms with Crippen molar-refractivity contribution in [3.05, 3.63) is 23.9 Å². The van der Waals surface area contributed by atoms with Crippen LogP contribution in [0.15, 0.2) is 18.3 Å². The predicted molar refractivity (Wildman–Crippen MR) is 42.8 cm³/mol. The minimum atomic E-state index is 0.142. The van der Waals surface area contributed by atoms with E-state index < -0.39 is 0 Å². The van der Waals surface area contributed by atoms with Crippen LogP contribution in [0.1, 0.15) is 19.4 Å². The first-order chi connectivity index (χ1) is 5.20. The van der Waals surface area contributed by atoms with Crippen molar-refractivity contribution in [1.29, 1.82) is 0 Å². The summed E-state index contributed by atoms with van der Waals surface area (Å²) in [6.07, 6.45) is 1.76. The highest BCUT2D eigenvalue weighted by Crippen LogP contribution is 2.35. The molecule has 0 saturated heterocycles. The first-order valence-electron chi connectivity index (χ1n) is 3.78. The summed E-state index contributed by atoms with van der Waals surface area (Å²) in [7, 11) is 0. The molecule has 0 aromatic carbocycles. The van der Waals surface area contributed by atoms with E-state index in [0.29, 0.717) is 0 Å². The number of pyridine rings is 1. The van der Waals surface area contributed by atoms with Gasteiger partial charge < -0.3 is 4.74 Å². The van der Waals surface area contributed by atoms with Gasteiger partial charge in [-0.05, 0) is 6.07 Å². The van der Waals surface area contributed by atoms with Crippen LogP contribution in [0, 0.1) is 0 Å². The zero-order chi connectivity index (χ0) is 7.90. The third-order valence-corrected chi connectivity index (χ3v) is 2.07. The maximum absolute atomic E-state index is 5.40. The maximum Gasteiger partial charge on any atom is 0.217 e. The van der Waals surface area contributed by atoms with Crippen LogP contribution in [0.3, 0.4) is 0 Å². The molecule has 0 saturated carbocycles. The van der Waals surface area contributed by atoms with Crippen LogP contribution < -0.4 is 4.74 Å². The van der Waals surface area contributed by atoms with Gasteiger partial charge in [-0.2, -0.15) is 0 Å². The molecule has 2 rings (SSSR count). The Bertz CT molecular complexity index is 281. The average molecular weight is 149 g/mol. The molecule has 0 spiro atoms. The minimum absolute atomic E-state index is 0.142. The van der Waals surface area contributed by atoms with Gasteiger partial charge >= 0.3 is 0 Å². The molecule has 0 unspecified atom stereocenters. The van der Waals surface area contributed by atoms with Gasteiger partial charge in [0.05, 0.1) is 6.61 Å². The van der Waals surface area contributed by atoms with E-state index in [1.807, 2.05) is 6.07 Å².